The van der Waals surface area contributed by atoms with Crippen molar-refractivity contribution in [3.8, 4) is 0 Å². The highest BCUT2D eigenvalue weighted by Crippen LogP contribution is 2.51. The zero-order chi connectivity index (χ0) is 17.4. The fourth-order valence-electron chi connectivity index (χ4n) is 5.09. The Morgan fingerprint density at radius 2 is 1.73 bits per heavy atom. The van der Waals surface area contributed by atoms with Gasteiger partial charge in [-0.2, -0.15) is 0 Å². The Hall–Kier alpha value is -1.90. The zero-order valence-corrected chi connectivity index (χ0v) is 15.9. The average Bonchev–Trinajstić information content (AvgIpc) is 3.18. The normalized spacial score (nSPS) is 25.0. The standard InChI is InChI=1S/C24H25NS/c1-3-7-19(8-4-1)11-14-25-15-13-24(21-9-5-2-6-10-21)18-22(25)17-20-12-16-26-23(20)24/h1-10,12,16,22H,11,13-15,17-18H2/t22?,24-/m1/s1. The van der Waals surface area contributed by atoms with E-state index < -0.39 is 0 Å². The summed E-state index contributed by atoms with van der Waals surface area (Å²) in [6.07, 6.45) is 4.91. The van der Waals surface area contributed by atoms with Crippen LogP contribution < -0.4 is 0 Å². The van der Waals surface area contributed by atoms with Crippen LogP contribution in [0.1, 0.15) is 34.4 Å². The fraction of sp³-hybridized carbons (Fsp3) is 0.333. The summed E-state index contributed by atoms with van der Waals surface area (Å²) in [6, 6.07) is 25.3. The summed E-state index contributed by atoms with van der Waals surface area (Å²) in [7, 11) is 0. The van der Waals surface area contributed by atoms with Crippen LogP contribution in [0, 0.1) is 0 Å². The van der Waals surface area contributed by atoms with Crippen LogP contribution in [0.25, 0.3) is 0 Å². The molecule has 1 saturated heterocycles. The van der Waals surface area contributed by atoms with Crippen LogP contribution in [0.2, 0.25) is 0 Å². The minimum absolute atomic E-state index is 0.247. The van der Waals surface area contributed by atoms with Crippen LogP contribution >= 0.6 is 11.3 Å². The summed E-state index contributed by atoms with van der Waals surface area (Å²) < 4.78 is 0. The van der Waals surface area contributed by atoms with E-state index in [-0.39, 0.29) is 5.41 Å². The number of benzene rings is 2. The molecule has 1 aliphatic carbocycles. The molecule has 0 N–H and O–H groups in total. The first-order chi connectivity index (χ1) is 12.9. The third kappa shape index (κ3) is 2.72. The van der Waals surface area contributed by atoms with Gasteiger partial charge in [0.2, 0.25) is 0 Å². The van der Waals surface area contributed by atoms with Gasteiger partial charge in [-0.3, -0.25) is 4.90 Å². The minimum Gasteiger partial charge on any atom is -0.300 e. The van der Waals surface area contributed by atoms with Crippen molar-refractivity contribution in [1.29, 1.82) is 0 Å². The molecule has 0 spiro atoms. The lowest BCUT2D eigenvalue weighted by molar-refractivity contribution is 0.0991. The summed E-state index contributed by atoms with van der Waals surface area (Å²) in [5.74, 6) is 0. The second kappa shape index (κ2) is 6.68. The van der Waals surface area contributed by atoms with Crippen LogP contribution in [-0.2, 0) is 18.3 Å². The van der Waals surface area contributed by atoms with Gasteiger partial charge in [-0.25, -0.2) is 0 Å². The quantitative estimate of drug-likeness (QED) is 0.611. The predicted molar refractivity (Wildman–Crippen MR) is 110 cm³/mol. The molecule has 1 nitrogen and oxygen atoms in total. The van der Waals surface area contributed by atoms with E-state index in [4.69, 9.17) is 0 Å². The number of piperidine rings is 1. The number of rotatable bonds is 4. The molecule has 2 heteroatoms. The van der Waals surface area contributed by atoms with E-state index in [2.05, 4.69) is 77.0 Å². The van der Waals surface area contributed by atoms with Crippen molar-refractivity contribution < 1.29 is 0 Å². The predicted octanol–water partition coefficient (Wildman–Crippen LogP) is 5.30. The van der Waals surface area contributed by atoms with Gasteiger partial charge in [0.25, 0.3) is 0 Å². The van der Waals surface area contributed by atoms with Gasteiger partial charge in [-0.05, 0) is 60.4 Å². The van der Waals surface area contributed by atoms with Crippen LogP contribution in [0.4, 0.5) is 0 Å². The van der Waals surface area contributed by atoms with E-state index in [1.54, 1.807) is 10.4 Å². The van der Waals surface area contributed by atoms with Crippen molar-refractivity contribution in [2.45, 2.75) is 37.1 Å². The Bertz CT molecular complexity index is 869. The molecule has 26 heavy (non-hydrogen) atoms. The van der Waals surface area contributed by atoms with Crippen LogP contribution in [0.3, 0.4) is 0 Å². The number of hydrogen-bond donors (Lipinski definition) is 0. The van der Waals surface area contributed by atoms with Crippen molar-refractivity contribution in [2.24, 2.45) is 0 Å². The highest BCUT2D eigenvalue weighted by Gasteiger charge is 2.47. The lowest BCUT2D eigenvalue weighted by Gasteiger charge is -2.50. The van der Waals surface area contributed by atoms with E-state index in [1.807, 2.05) is 11.3 Å². The maximum atomic E-state index is 2.76. The summed E-state index contributed by atoms with van der Waals surface area (Å²) in [5, 5.41) is 2.31. The minimum atomic E-state index is 0.247. The van der Waals surface area contributed by atoms with Crippen LogP contribution in [0.15, 0.2) is 72.1 Å². The molecule has 1 fully saturated rings. The Morgan fingerprint density at radius 3 is 2.54 bits per heavy atom. The molecule has 1 aromatic heterocycles. The van der Waals surface area contributed by atoms with Gasteiger partial charge in [0.1, 0.15) is 0 Å². The van der Waals surface area contributed by atoms with E-state index in [9.17, 15) is 0 Å². The molecule has 2 atom stereocenters. The Balaban J connectivity index is 1.43. The van der Waals surface area contributed by atoms with Crippen molar-refractivity contribution >= 4 is 11.3 Å². The van der Waals surface area contributed by atoms with E-state index in [1.165, 1.54) is 43.5 Å². The molecule has 0 saturated carbocycles. The molecular formula is C24H25NS. The largest absolute Gasteiger partial charge is 0.300 e. The monoisotopic (exact) mass is 359 g/mol. The van der Waals surface area contributed by atoms with Gasteiger partial charge < -0.3 is 0 Å². The number of thiophene rings is 1. The fourth-order valence-corrected chi connectivity index (χ4v) is 6.29. The third-order valence-electron chi connectivity index (χ3n) is 6.42. The molecule has 2 aliphatic rings. The van der Waals surface area contributed by atoms with Crippen molar-refractivity contribution in [3.05, 3.63) is 93.7 Å². The smallest absolute Gasteiger partial charge is 0.0326 e. The van der Waals surface area contributed by atoms with E-state index in [0.29, 0.717) is 6.04 Å². The number of likely N-dealkylation sites (tertiary alicyclic amines) is 1. The van der Waals surface area contributed by atoms with Gasteiger partial charge in [0.15, 0.2) is 0 Å². The molecule has 2 aromatic carbocycles. The number of nitrogens with zero attached hydrogens (tertiary/aromatic N) is 1. The molecule has 3 aromatic rings. The van der Waals surface area contributed by atoms with Crippen LogP contribution in [-0.4, -0.2) is 24.0 Å². The molecule has 1 aliphatic heterocycles. The number of fused-ring (bicyclic) bond motifs is 4. The van der Waals surface area contributed by atoms with Gasteiger partial charge in [-0.1, -0.05) is 60.7 Å². The summed E-state index contributed by atoms with van der Waals surface area (Å²) in [4.78, 5) is 4.40. The molecule has 0 radical (unpaired) electrons. The summed E-state index contributed by atoms with van der Waals surface area (Å²) in [5.41, 5.74) is 4.83. The average molecular weight is 360 g/mol. The van der Waals surface area contributed by atoms with Crippen molar-refractivity contribution in [3.63, 3.8) is 0 Å². The zero-order valence-electron chi connectivity index (χ0n) is 15.1. The highest BCUT2D eigenvalue weighted by molar-refractivity contribution is 7.10. The first-order valence-corrected chi connectivity index (χ1v) is 10.6. The molecule has 2 heterocycles. The molecule has 0 amide bonds. The maximum absolute atomic E-state index is 2.76. The first kappa shape index (κ1) is 16.3. The Kier molecular flexibility index (Phi) is 4.18. The SMILES string of the molecule is c1ccc(CCN2CC[C@]3(c4ccccc4)CC2Cc2ccsc23)cc1. The Morgan fingerprint density at radius 1 is 0.962 bits per heavy atom. The van der Waals surface area contributed by atoms with Crippen LogP contribution in [0.5, 0.6) is 0 Å². The molecule has 132 valence electrons. The van der Waals surface area contributed by atoms with Crippen molar-refractivity contribution in [2.75, 3.05) is 13.1 Å². The molecular weight excluding hydrogens is 334 g/mol. The Labute approximate surface area is 160 Å². The first-order valence-electron chi connectivity index (χ1n) is 9.75. The van der Waals surface area contributed by atoms with Gasteiger partial charge in [0, 0.05) is 22.9 Å². The van der Waals surface area contributed by atoms with Crippen molar-refractivity contribution in [1.82, 2.24) is 4.90 Å². The maximum Gasteiger partial charge on any atom is 0.0326 e. The van der Waals surface area contributed by atoms with Gasteiger partial charge >= 0.3 is 0 Å². The lowest BCUT2D eigenvalue weighted by atomic mass is 9.64. The third-order valence-corrected chi connectivity index (χ3v) is 7.58. The molecule has 1 unspecified atom stereocenters. The topological polar surface area (TPSA) is 3.24 Å². The second-order valence-electron chi connectivity index (χ2n) is 7.81. The lowest BCUT2D eigenvalue weighted by Crippen LogP contribution is -2.53. The summed E-state index contributed by atoms with van der Waals surface area (Å²) >= 11 is 1.98. The van der Waals surface area contributed by atoms with Gasteiger partial charge in [0.05, 0.1) is 0 Å². The van der Waals surface area contributed by atoms with Gasteiger partial charge in [-0.15, -0.1) is 11.3 Å². The van der Waals surface area contributed by atoms with E-state index >= 15 is 0 Å². The highest BCUT2D eigenvalue weighted by atomic mass is 32.1. The second-order valence-corrected chi connectivity index (χ2v) is 8.72. The summed E-state index contributed by atoms with van der Waals surface area (Å²) in [6.45, 7) is 2.39. The van der Waals surface area contributed by atoms with E-state index in [0.717, 1.165) is 6.42 Å². The molecule has 5 rings (SSSR count). The number of hydrogen-bond acceptors (Lipinski definition) is 2. The molecule has 2 bridgehead atoms.